The highest BCUT2D eigenvalue weighted by Crippen LogP contribution is 2.31. The van der Waals surface area contributed by atoms with Crippen molar-refractivity contribution >= 4 is 39.5 Å². The average molecular weight is 815 g/mol. The van der Waals surface area contributed by atoms with Gasteiger partial charge < -0.3 is 54.3 Å². The third-order valence-electron chi connectivity index (χ3n) is 8.85. The number of unbranched alkanes of at least 4 members (excludes halogenated alkanes) is 2. The number of ether oxygens (including phenoxy) is 8. The van der Waals surface area contributed by atoms with Gasteiger partial charge in [-0.05, 0) is 31.4 Å². The highest BCUT2D eigenvalue weighted by atomic mass is 16.6. The van der Waals surface area contributed by atoms with E-state index in [1.165, 1.54) is 6.33 Å². The molecule has 5 N–H and O–H groups in total. The lowest BCUT2D eigenvalue weighted by molar-refractivity contribution is -0.121. The highest BCUT2D eigenvalue weighted by molar-refractivity contribution is 5.99. The molecule has 0 atom stereocenters. The number of hydrogen-bond donors (Lipinski definition) is 3. The average Bonchev–Trinajstić information content (AvgIpc) is 3.86. The summed E-state index contributed by atoms with van der Waals surface area (Å²) in [7, 11) is 0. The molecule has 0 saturated carbocycles. The zero-order chi connectivity index (χ0) is 40.9. The van der Waals surface area contributed by atoms with Gasteiger partial charge in [-0.3, -0.25) is 9.59 Å². The summed E-state index contributed by atoms with van der Waals surface area (Å²) in [6.45, 7) is 8.55. The smallest absolute Gasteiger partial charge is 0.163 e. The maximum atomic E-state index is 12.4. The van der Waals surface area contributed by atoms with Crippen molar-refractivity contribution in [3.05, 3.63) is 30.9 Å². The molecule has 4 rings (SSSR count). The van der Waals surface area contributed by atoms with Gasteiger partial charge >= 0.3 is 0 Å². The zero-order valence-corrected chi connectivity index (χ0v) is 33.7. The first-order valence-corrected chi connectivity index (χ1v) is 20.3. The van der Waals surface area contributed by atoms with Crippen LogP contribution in [0.4, 0.5) is 5.82 Å². The van der Waals surface area contributed by atoms with Gasteiger partial charge in [0.05, 0.1) is 104 Å². The second-order valence-corrected chi connectivity index (χ2v) is 13.3. The molecule has 4 heterocycles. The molecular weight excluding hydrogens is 752 g/mol. The Morgan fingerprint density at radius 2 is 1.17 bits per heavy atom. The molecule has 0 amide bonds. The number of nitrogens with zero attached hydrogens (tertiary/aromatic N) is 5. The number of hydrogen-bond acceptors (Lipinski definition) is 16. The van der Waals surface area contributed by atoms with Crippen molar-refractivity contribution < 1.29 is 47.5 Å². The summed E-state index contributed by atoms with van der Waals surface area (Å²) < 4.78 is 45.5. The van der Waals surface area contributed by atoms with Gasteiger partial charge in [0.2, 0.25) is 0 Å². The van der Waals surface area contributed by atoms with Crippen LogP contribution in [0.25, 0.3) is 33.3 Å². The number of aromatic nitrogens is 6. The fourth-order valence-corrected chi connectivity index (χ4v) is 5.82. The third kappa shape index (κ3) is 18.3. The van der Waals surface area contributed by atoms with Crippen LogP contribution in [0.2, 0.25) is 0 Å². The molecule has 0 aromatic carbocycles. The number of nitrogen functional groups attached to an aromatic ring is 1. The summed E-state index contributed by atoms with van der Waals surface area (Å²) in [6, 6.07) is 3.99. The van der Waals surface area contributed by atoms with E-state index in [-0.39, 0.29) is 11.6 Å². The van der Waals surface area contributed by atoms with Crippen LogP contribution in [-0.4, -0.2) is 154 Å². The normalized spacial score (nSPS) is 11.7. The van der Waals surface area contributed by atoms with E-state index in [0.29, 0.717) is 173 Å². The Hall–Kier alpha value is -3.98. The first-order chi connectivity index (χ1) is 28.6. The number of carbonyl (C=O) groups excluding carboxylic acids is 2. The van der Waals surface area contributed by atoms with E-state index in [9.17, 15) is 9.59 Å². The van der Waals surface area contributed by atoms with Gasteiger partial charge in [-0.1, -0.05) is 6.42 Å². The number of anilines is 1. The van der Waals surface area contributed by atoms with E-state index in [4.69, 9.17) is 54.5 Å². The molecule has 0 aliphatic rings. The second kappa shape index (κ2) is 29.3. The molecule has 0 spiro atoms. The van der Waals surface area contributed by atoms with Crippen LogP contribution >= 0.6 is 0 Å². The fraction of sp³-hybridized carbons (Fsp3) is 0.650. The Kier molecular flexibility index (Phi) is 23.6. The Bertz CT molecular complexity index is 1720. The van der Waals surface area contributed by atoms with Crippen LogP contribution in [0, 0.1) is 0 Å². The van der Waals surface area contributed by atoms with Crippen LogP contribution in [0.1, 0.15) is 51.4 Å². The van der Waals surface area contributed by atoms with Gasteiger partial charge in [-0.15, -0.1) is 0 Å². The van der Waals surface area contributed by atoms with Crippen LogP contribution < -0.4 is 11.5 Å². The molecule has 322 valence electrons. The van der Waals surface area contributed by atoms with E-state index >= 15 is 0 Å². The summed E-state index contributed by atoms with van der Waals surface area (Å²) in [5.74, 6) is 0.718. The Labute approximate surface area is 339 Å². The summed E-state index contributed by atoms with van der Waals surface area (Å²) in [6.07, 6.45) is 10.0. The molecule has 0 aliphatic heterocycles. The molecule has 0 radical (unpaired) electrons. The van der Waals surface area contributed by atoms with Gasteiger partial charge in [-0.25, -0.2) is 19.6 Å². The topological polar surface area (TPSA) is 232 Å². The van der Waals surface area contributed by atoms with Crippen molar-refractivity contribution in [3.63, 3.8) is 0 Å². The van der Waals surface area contributed by atoms with Crippen LogP contribution in [0.5, 0.6) is 0 Å². The quantitative estimate of drug-likeness (QED) is 0.0555. The minimum atomic E-state index is 0.153. The number of aromatic amines is 1. The van der Waals surface area contributed by atoms with Gasteiger partial charge in [0.1, 0.15) is 35.1 Å². The molecular formula is C40H62N8O10. The lowest BCUT2D eigenvalue weighted by Gasteiger charge is -2.08. The SMILES string of the molecule is NCCOCCOCCOCCOCCC(=O)CCCOCCOCCOCCOCCC(=O)CCCCCn1nc(-c2cnc3[nH]ccc3c2)c2c(N)ncnc21. The standard InChI is InChI=1S/C40H62N8O10/c41-10-16-54-20-24-58-28-27-57-23-19-53-15-9-35(50)6-4-13-51-17-21-55-25-26-56-22-18-52-14-8-34(49)5-2-1-3-12-48-40-36(38(42)45-31-46-40)37(47-48)33-29-32-7-11-43-39(32)44-30-33/h7,11,29-31H,1-6,8-10,12-28,41H2,(H,43,44)(H2,42,45,46). The van der Waals surface area contributed by atoms with Crippen LogP contribution in [0.3, 0.4) is 0 Å². The van der Waals surface area contributed by atoms with Crippen molar-refractivity contribution in [1.29, 1.82) is 0 Å². The molecule has 0 fully saturated rings. The fourth-order valence-electron chi connectivity index (χ4n) is 5.82. The number of Topliss-reactive ketones (excluding diaryl/α,β-unsaturated/α-hetero) is 2. The zero-order valence-electron chi connectivity index (χ0n) is 33.7. The largest absolute Gasteiger partial charge is 0.383 e. The van der Waals surface area contributed by atoms with E-state index in [2.05, 4.69) is 19.9 Å². The maximum absolute atomic E-state index is 12.4. The minimum absolute atomic E-state index is 0.153. The molecule has 0 unspecified atom stereocenters. The van der Waals surface area contributed by atoms with Gasteiger partial charge in [0.15, 0.2) is 5.65 Å². The molecule has 4 aromatic rings. The molecule has 4 aromatic heterocycles. The molecule has 18 nitrogen and oxygen atoms in total. The number of carbonyl (C=O) groups is 2. The number of fused-ring (bicyclic) bond motifs is 2. The van der Waals surface area contributed by atoms with Crippen molar-refractivity contribution in [2.45, 2.75) is 57.9 Å². The number of nitrogens with one attached hydrogen (secondary N) is 1. The summed E-state index contributed by atoms with van der Waals surface area (Å²) in [5, 5.41) is 6.53. The number of rotatable bonds is 37. The summed E-state index contributed by atoms with van der Waals surface area (Å²) in [4.78, 5) is 40.6. The monoisotopic (exact) mass is 814 g/mol. The predicted octanol–water partition coefficient (Wildman–Crippen LogP) is 3.30. The highest BCUT2D eigenvalue weighted by Gasteiger charge is 2.18. The van der Waals surface area contributed by atoms with E-state index < -0.39 is 0 Å². The van der Waals surface area contributed by atoms with Crippen molar-refractivity contribution in [2.75, 3.05) is 118 Å². The molecule has 58 heavy (non-hydrogen) atoms. The number of H-pyrrole nitrogens is 1. The van der Waals surface area contributed by atoms with E-state index in [1.54, 1.807) is 6.20 Å². The number of ketones is 2. The van der Waals surface area contributed by atoms with Gasteiger partial charge in [0.25, 0.3) is 0 Å². The molecule has 0 bridgehead atoms. The lowest BCUT2D eigenvalue weighted by Crippen LogP contribution is -2.14. The number of aryl methyl sites for hydroxylation is 1. The number of pyridine rings is 1. The lowest BCUT2D eigenvalue weighted by atomic mass is 10.1. The van der Waals surface area contributed by atoms with Crippen LogP contribution in [-0.2, 0) is 54.0 Å². The molecule has 0 saturated heterocycles. The van der Waals surface area contributed by atoms with Crippen molar-refractivity contribution in [1.82, 2.24) is 29.7 Å². The first kappa shape index (κ1) is 46.7. The predicted molar refractivity (Wildman–Crippen MR) is 217 cm³/mol. The molecule has 18 heteroatoms. The first-order valence-electron chi connectivity index (χ1n) is 20.3. The van der Waals surface area contributed by atoms with E-state index in [0.717, 1.165) is 35.9 Å². The third-order valence-corrected chi connectivity index (χ3v) is 8.85. The van der Waals surface area contributed by atoms with Crippen molar-refractivity contribution in [3.8, 4) is 11.3 Å². The summed E-state index contributed by atoms with van der Waals surface area (Å²) in [5.41, 5.74) is 14.6. The summed E-state index contributed by atoms with van der Waals surface area (Å²) >= 11 is 0. The van der Waals surface area contributed by atoms with Gasteiger partial charge in [0, 0.05) is 68.7 Å². The van der Waals surface area contributed by atoms with Crippen LogP contribution in [0.15, 0.2) is 30.9 Å². The van der Waals surface area contributed by atoms with E-state index in [1.807, 2.05) is 23.0 Å². The van der Waals surface area contributed by atoms with Crippen molar-refractivity contribution in [2.24, 2.45) is 5.73 Å². The number of nitrogens with two attached hydrogens (primary N) is 2. The Morgan fingerprint density at radius 3 is 1.78 bits per heavy atom. The maximum Gasteiger partial charge on any atom is 0.163 e. The van der Waals surface area contributed by atoms with Gasteiger partial charge in [-0.2, -0.15) is 5.10 Å². The minimum Gasteiger partial charge on any atom is -0.383 e. The molecule has 0 aliphatic carbocycles. The Morgan fingerprint density at radius 1 is 0.621 bits per heavy atom. The Balaban J connectivity index is 0.879. The second-order valence-electron chi connectivity index (χ2n) is 13.3.